The molecule has 96 valence electrons. The van der Waals surface area contributed by atoms with Crippen LogP contribution in [0.1, 0.15) is 21.8 Å². The number of amides is 1. The van der Waals surface area contributed by atoms with E-state index in [2.05, 4.69) is 23.3 Å². The fourth-order valence-corrected chi connectivity index (χ4v) is 3.15. The number of carbonyl (C=O) groups excluding carboxylic acids is 1. The van der Waals surface area contributed by atoms with Crippen molar-refractivity contribution >= 4 is 5.91 Å². The molecule has 1 unspecified atom stereocenters. The van der Waals surface area contributed by atoms with Crippen molar-refractivity contribution in [3.05, 3.63) is 29.3 Å². The number of fused-ring (bicyclic) bond motifs is 3. The first-order valence-corrected chi connectivity index (χ1v) is 6.33. The summed E-state index contributed by atoms with van der Waals surface area (Å²) in [6, 6.07) is 5.86. The summed E-state index contributed by atoms with van der Waals surface area (Å²) in [7, 11) is 3.77. The summed E-state index contributed by atoms with van der Waals surface area (Å²) in [6.45, 7) is 2.85. The summed E-state index contributed by atoms with van der Waals surface area (Å²) >= 11 is 0. The van der Waals surface area contributed by atoms with E-state index in [-0.39, 0.29) is 5.91 Å². The van der Waals surface area contributed by atoms with Crippen LogP contribution in [-0.4, -0.2) is 44.6 Å². The SMILES string of the molecule is COc1ccc2c(c1)C(=O)NC[C@H]1CN(C)CC21. The van der Waals surface area contributed by atoms with Crippen LogP contribution in [0.25, 0.3) is 0 Å². The van der Waals surface area contributed by atoms with Crippen molar-refractivity contribution in [1.82, 2.24) is 10.2 Å². The van der Waals surface area contributed by atoms with Crippen LogP contribution in [-0.2, 0) is 0 Å². The maximum absolute atomic E-state index is 12.1. The number of hydrogen-bond donors (Lipinski definition) is 1. The van der Waals surface area contributed by atoms with Gasteiger partial charge in [0.2, 0.25) is 0 Å². The Morgan fingerprint density at radius 1 is 1.39 bits per heavy atom. The largest absolute Gasteiger partial charge is 0.497 e. The number of rotatable bonds is 1. The minimum absolute atomic E-state index is 0.0287. The number of hydrogen-bond acceptors (Lipinski definition) is 3. The van der Waals surface area contributed by atoms with Gasteiger partial charge in [-0.1, -0.05) is 6.07 Å². The van der Waals surface area contributed by atoms with Crippen molar-refractivity contribution in [2.24, 2.45) is 5.92 Å². The molecule has 2 heterocycles. The molecule has 2 aliphatic rings. The molecule has 0 bridgehead atoms. The Hall–Kier alpha value is -1.55. The van der Waals surface area contributed by atoms with Crippen molar-refractivity contribution in [3.63, 3.8) is 0 Å². The van der Waals surface area contributed by atoms with E-state index < -0.39 is 0 Å². The van der Waals surface area contributed by atoms with E-state index in [0.717, 1.165) is 30.9 Å². The van der Waals surface area contributed by atoms with Crippen molar-refractivity contribution in [2.45, 2.75) is 5.92 Å². The van der Waals surface area contributed by atoms with E-state index in [1.54, 1.807) is 7.11 Å². The standard InChI is InChI=1S/C14H18N2O2/c1-16-7-9-6-15-14(17)12-5-10(18-2)3-4-11(12)13(9)8-16/h3-5,9,13H,6-8H2,1-2H3,(H,15,17)/t9-,13?/m0/s1. The topological polar surface area (TPSA) is 41.6 Å². The molecule has 0 saturated carbocycles. The van der Waals surface area contributed by atoms with Gasteiger partial charge in [0.15, 0.2) is 0 Å². The number of likely N-dealkylation sites (tertiary alicyclic amines) is 1. The van der Waals surface area contributed by atoms with Gasteiger partial charge in [0.1, 0.15) is 5.75 Å². The van der Waals surface area contributed by atoms with E-state index in [4.69, 9.17) is 4.74 Å². The summed E-state index contributed by atoms with van der Waals surface area (Å²) in [4.78, 5) is 14.4. The van der Waals surface area contributed by atoms with Crippen LogP contribution in [0.2, 0.25) is 0 Å². The van der Waals surface area contributed by atoms with Crippen LogP contribution in [0.3, 0.4) is 0 Å². The molecule has 3 rings (SSSR count). The highest BCUT2D eigenvalue weighted by Crippen LogP contribution is 2.36. The molecule has 1 aromatic carbocycles. The van der Waals surface area contributed by atoms with Gasteiger partial charge in [0.05, 0.1) is 7.11 Å². The molecule has 0 radical (unpaired) electrons. The third-order valence-electron chi connectivity index (χ3n) is 4.05. The van der Waals surface area contributed by atoms with Gasteiger partial charge in [-0.15, -0.1) is 0 Å². The summed E-state index contributed by atoms with van der Waals surface area (Å²) < 4.78 is 5.21. The number of nitrogens with one attached hydrogen (secondary N) is 1. The summed E-state index contributed by atoms with van der Waals surface area (Å²) in [5, 5.41) is 3.02. The molecule has 18 heavy (non-hydrogen) atoms. The lowest BCUT2D eigenvalue weighted by Gasteiger charge is -2.16. The van der Waals surface area contributed by atoms with Crippen LogP contribution in [0.4, 0.5) is 0 Å². The Balaban J connectivity index is 2.06. The first-order chi connectivity index (χ1) is 8.69. The maximum Gasteiger partial charge on any atom is 0.251 e. The van der Waals surface area contributed by atoms with Crippen molar-refractivity contribution < 1.29 is 9.53 Å². The van der Waals surface area contributed by atoms with Gasteiger partial charge in [-0.05, 0) is 30.7 Å². The number of likely N-dealkylation sites (N-methyl/N-ethyl adjacent to an activating group) is 1. The Kier molecular flexibility index (Phi) is 2.74. The Labute approximate surface area is 107 Å². The zero-order chi connectivity index (χ0) is 12.7. The van der Waals surface area contributed by atoms with Crippen LogP contribution in [0.15, 0.2) is 18.2 Å². The molecule has 0 aromatic heterocycles. The highest BCUT2D eigenvalue weighted by molar-refractivity contribution is 5.96. The quantitative estimate of drug-likeness (QED) is 0.806. The molecule has 4 nitrogen and oxygen atoms in total. The molecule has 1 saturated heterocycles. The lowest BCUT2D eigenvalue weighted by atomic mass is 9.87. The molecule has 4 heteroatoms. The van der Waals surface area contributed by atoms with Gasteiger partial charge in [-0.3, -0.25) is 4.79 Å². The molecular formula is C14H18N2O2. The second-order valence-corrected chi connectivity index (χ2v) is 5.25. The van der Waals surface area contributed by atoms with E-state index in [0.29, 0.717) is 11.8 Å². The number of ether oxygens (including phenoxy) is 1. The van der Waals surface area contributed by atoms with E-state index in [1.165, 1.54) is 5.56 Å². The monoisotopic (exact) mass is 246 g/mol. The van der Waals surface area contributed by atoms with Gasteiger partial charge < -0.3 is 15.0 Å². The number of benzene rings is 1. The van der Waals surface area contributed by atoms with Gasteiger partial charge in [0, 0.05) is 31.1 Å². The minimum atomic E-state index is 0.0287. The maximum atomic E-state index is 12.1. The zero-order valence-electron chi connectivity index (χ0n) is 10.8. The third-order valence-corrected chi connectivity index (χ3v) is 4.05. The van der Waals surface area contributed by atoms with Gasteiger partial charge in [-0.25, -0.2) is 0 Å². The van der Waals surface area contributed by atoms with E-state index in [1.807, 2.05) is 12.1 Å². The average molecular weight is 246 g/mol. The lowest BCUT2D eigenvalue weighted by Crippen LogP contribution is -2.29. The van der Waals surface area contributed by atoms with Gasteiger partial charge >= 0.3 is 0 Å². The molecule has 2 atom stereocenters. The predicted molar refractivity (Wildman–Crippen MR) is 69.1 cm³/mol. The van der Waals surface area contributed by atoms with E-state index in [9.17, 15) is 4.79 Å². The minimum Gasteiger partial charge on any atom is -0.497 e. The summed E-state index contributed by atoms with van der Waals surface area (Å²) in [6.07, 6.45) is 0. The van der Waals surface area contributed by atoms with Crippen LogP contribution in [0, 0.1) is 5.92 Å². The zero-order valence-corrected chi connectivity index (χ0v) is 10.8. The molecule has 1 N–H and O–H groups in total. The van der Waals surface area contributed by atoms with Gasteiger partial charge in [0.25, 0.3) is 5.91 Å². The second-order valence-electron chi connectivity index (χ2n) is 5.25. The molecule has 1 aromatic rings. The fraction of sp³-hybridized carbons (Fsp3) is 0.500. The normalized spacial score (nSPS) is 27.1. The second kappa shape index (κ2) is 4.28. The van der Waals surface area contributed by atoms with Crippen LogP contribution in [0.5, 0.6) is 5.75 Å². The van der Waals surface area contributed by atoms with Crippen LogP contribution < -0.4 is 10.1 Å². The molecule has 1 fully saturated rings. The van der Waals surface area contributed by atoms with Crippen LogP contribution >= 0.6 is 0 Å². The smallest absolute Gasteiger partial charge is 0.251 e. The molecule has 0 spiro atoms. The predicted octanol–water partition coefficient (Wildman–Crippen LogP) is 1.08. The molecular weight excluding hydrogens is 228 g/mol. The first kappa shape index (κ1) is 11.5. The average Bonchev–Trinajstić information content (AvgIpc) is 2.70. The van der Waals surface area contributed by atoms with Gasteiger partial charge in [-0.2, -0.15) is 0 Å². The summed E-state index contributed by atoms with van der Waals surface area (Å²) in [5.41, 5.74) is 1.94. The summed E-state index contributed by atoms with van der Waals surface area (Å²) in [5.74, 6) is 1.75. The highest BCUT2D eigenvalue weighted by Gasteiger charge is 2.36. The highest BCUT2D eigenvalue weighted by atomic mass is 16.5. The van der Waals surface area contributed by atoms with Crippen molar-refractivity contribution in [2.75, 3.05) is 33.8 Å². The molecule has 2 aliphatic heterocycles. The molecule has 0 aliphatic carbocycles. The van der Waals surface area contributed by atoms with Crippen molar-refractivity contribution in [1.29, 1.82) is 0 Å². The Morgan fingerprint density at radius 2 is 2.22 bits per heavy atom. The number of methoxy groups -OCH3 is 1. The Bertz CT molecular complexity index is 487. The van der Waals surface area contributed by atoms with Crippen molar-refractivity contribution in [3.8, 4) is 5.75 Å². The number of nitrogens with zero attached hydrogens (tertiary/aromatic N) is 1. The number of carbonyl (C=O) groups is 1. The van der Waals surface area contributed by atoms with E-state index >= 15 is 0 Å². The Morgan fingerprint density at radius 3 is 3.00 bits per heavy atom. The molecule has 1 amide bonds. The lowest BCUT2D eigenvalue weighted by molar-refractivity contribution is 0.0951. The third kappa shape index (κ3) is 1.77. The fourth-order valence-electron chi connectivity index (χ4n) is 3.15. The first-order valence-electron chi connectivity index (χ1n) is 6.33.